The van der Waals surface area contributed by atoms with Crippen LogP contribution < -0.4 is 11.1 Å². The first-order valence-corrected chi connectivity index (χ1v) is 2.18. The van der Waals surface area contributed by atoms with Crippen LogP contribution >= 0.6 is 0 Å². The van der Waals surface area contributed by atoms with Crippen molar-refractivity contribution in [2.24, 2.45) is 5.73 Å². The van der Waals surface area contributed by atoms with Gasteiger partial charge in [-0.2, -0.15) is 0 Å². The predicted octanol–water partition coefficient (Wildman–Crippen LogP) is -0.638. The van der Waals surface area contributed by atoms with E-state index in [1.807, 2.05) is 6.08 Å². The molecule has 0 aromatic heterocycles. The number of rotatable bonds is 0. The van der Waals surface area contributed by atoms with E-state index in [4.69, 9.17) is 10.5 Å². The molecule has 1 rings (SSSR count). The summed E-state index contributed by atoms with van der Waals surface area (Å²) in [5, 5.41) is 2.76. The Bertz CT molecular complexity index is 81.8. The Morgan fingerprint density at radius 1 is 1.86 bits per heavy atom. The van der Waals surface area contributed by atoms with E-state index >= 15 is 0 Å². The Labute approximate surface area is 42.1 Å². The van der Waals surface area contributed by atoms with Gasteiger partial charge in [-0.05, 0) is 12.3 Å². The summed E-state index contributed by atoms with van der Waals surface area (Å²) in [6, 6.07) is 0. The van der Waals surface area contributed by atoms with Crippen LogP contribution in [0.4, 0.5) is 0 Å². The molecule has 0 amide bonds. The molecule has 0 fully saturated rings. The largest absolute Gasteiger partial charge is 0.354 e. The Morgan fingerprint density at radius 2 is 2.71 bits per heavy atom. The maximum atomic E-state index is 5.25. The lowest BCUT2D eigenvalue weighted by Crippen LogP contribution is -2.38. The van der Waals surface area contributed by atoms with Crippen molar-refractivity contribution in [3.8, 4) is 0 Å². The molecule has 0 aromatic rings. The zero-order chi connectivity index (χ0) is 5.11. The first-order valence-electron chi connectivity index (χ1n) is 2.18. The predicted molar refractivity (Wildman–Crippen MR) is 26.2 cm³/mol. The van der Waals surface area contributed by atoms with Gasteiger partial charge in [0.15, 0.2) is 6.35 Å². The maximum Gasteiger partial charge on any atom is 0.181 e. The fourth-order valence-electron chi connectivity index (χ4n) is 0.418. The van der Waals surface area contributed by atoms with Crippen LogP contribution in [0.25, 0.3) is 0 Å². The normalized spacial score (nSPS) is 29.6. The van der Waals surface area contributed by atoms with E-state index in [0.717, 1.165) is 0 Å². The maximum absolute atomic E-state index is 5.25. The summed E-state index contributed by atoms with van der Waals surface area (Å²) in [6.45, 7) is 0.619. The molecule has 0 spiro atoms. The van der Waals surface area contributed by atoms with Gasteiger partial charge in [0.1, 0.15) is 0 Å². The summed E-state index contributed by atoms with van der Waals surface area (Å²) in [4.78, 5) is 0. The van der Waals surface area contributed by atoms with Crippen molar-refractivity contribution in [1.82, 2.24) is 5.32 Å². The molecule has 3 heteroatoms. The number of hydrogen-bond acceptors (Lipinski definition) is 3. The fourth-order valence-corrected chi connectivity index (χ4v) is 0.418. The quantitative estimate of drug-likeness (QED) is 0.425. The van der Waals surface area contributed by atoms with Crippen molar-refractivity contribution in [2.45, 2.75) is 6.35 Å². The second-order valence-corrected chi connectivity index (χ2v) is 1.32. The first kappa shape index (κ1) is 4.61. The van der Waals surface area contributed by atoms with E-state index in [1.54, 1.807) is 6.20 Å². The minimum absolute atomic E-state index is 0.301. The third kappa shape index (κ3) is 1.17. The Morgan fingerprint density at radius 3 is 3.00 bits per heavy atom. The molecule has 0 aromatic carbocycles. The van der Waals surface area contributed by atoms with Crippen molar-refractivity contribution in [3.05, 3.63) is 12.3 Å². The number of nitrogens with one attached hydrogen (secondary N) is 1. The molecule has 0 radical (unpaired) electrons. The lowest BCUT2D eigenvalue weighted by Gasteiger charge is -2.14. The van der Waals surface area contributed by atoms with Crippen molar-refractivity contribution in [2.75, 3.05) is 6.61 Å². The second-order valence-electron chi connectivity index (χ2n) is 1.32. The standard InChI is InChI=1S/C4H8N2O/c5-4-6-2-1-3-7-4/h1-2,4,6H,3,5H2. The molecule has 1 atom stereocenters. The van der Waals surface area contributed by atoms with Gasteiger partial charge in [-0.3, -0.25) is 5.73 Å². The minimum atomic E-state index is -0.301. The molecular formula is C4H8N2O. The van der Waals surface area contributed by atoms with Crippen LogP contribution in [0.3, 0.4) is 0 Å². The van der Waals surface area contributed by atoms with Crippen molar-refractivity contribution >= 4 is 0 Å². The van der Waals surface area contributed by atoms with Gasteiger partial charge in [0.05, 0.1) is 6.61 Å². The van der Waals surface area contributed by atoms with Crippen LogP contribution in [0.2, 0.25) is 0 Å². The Balaban J connectivity index is 2.32. The van der Waals surface area contributed by atoms with Crippen LogP contribution in [0, 0.1) is 0 Å². The van der Waals surface area contributed by atoms with E-state index in [9.17, 15) is 0 Å². The molecule has 0 saturated heterocycles. The monoisotopic (exact) mass is 100 g/mol. The summed E-state index contributed by atoms with van der Waals surface area (Å²) >= 11 is 0. The highest BCUT2D eigenvalue weighted by Gasteiger charge is 1.98. The smallest absolute Gasteiger partial charge is 0.181 e. The summed E-state index contributed by atoms with van der Waals surface area (Å²) in [7, 11) is 0. The molecule has 1 unspecified atom stereocenters. The van der Waals surface area contributed by atoms with Gasteiger partial charge >= 0.3 is 0 Å². The summed E-state index contributed by atoms with van der Waals surface area (Å²) in [5.74, 6) is 0. The number of hydrogen-bond donors (Lipinski definition) is 2. The van der Waals surface area contributed by atoms with Gasteiger partial charge in [0, 0.05) is 0 Å². The average Bonchev–Trinajstić information content (AvgIpc) is 1.69. The van der Waals surface area contributed by atoms with Crippen molar-refractivity contribution in [3.63, 3.8) is 0 Å². The van der Waals surface area contributed by atoms with E-state index in [0.29, 0.717) is 6.61 Å². The molecular weight excluding hydrogens is 92.1 g/mol. The first-order chi connectivity index (χ1) is 3.39. The van der Waals surface area contributed by atoms with Gasteiger partial charge in [-0.15, -0.1) is 0 Å². The molecule has 7 heavy (non-hydrogen) atoms. The van der Waals surface area contributed by atoms with E-state index < -0.39 is 0 Å². The third-order valence-corrected chi connectivity index (χ3v) is 0.750. The molecule has 0 saturated carbocycles. The zero-order valence-electron chi connectivity index (χ0n) is 3.92. The Kier molecular flexibility index (Phi) is 1.29. The van der Waals surface area contributed by atoms with Crippen LogP contribution in [-0.4, -0.2) is 13.0 Å². The average molecular weight is 100 g/mol. The highest BCUT2D eigenvalue weighted by atomic mass is 16.5. The number of nitrogens with two attached hydrogens (primary N) is 1. The van der Waals surface area contributed by atoms with Crippen LogP contribution in [0.5, 0.6) is 0 Å². The topological polar surface area (TPSA) is 47.3 Å². The van der Waals surface area contributed by atoms with Crippen molar-refractivity contribution < 1.29 is 4.74 Å². The molecule has 1 aliphatic heterocycles. The third-order valence-electron chi connectivity index (χ3n) is 0.750. The molecule has 3 N–H and O–H groups in total. The van der Waals surface area contributed by atoms with Crippen LogP contribution in [0.15, 0.2) is 12.3 Å². The SMILES string of the molecule is NC1NC=CCO1. The zero-order valence-corrected chi connectivity index (χ0v) is 3.92. The van der Waals surface area contributed by atoms with Gasteiger partial charge in [0.2, 0.25) is 0 Å². The molecule has 1 heterocycles. The highest BCUT2D eigenvalue weighted by Crippen LogP contribution is 1.85. The summed E-state index contributed by atoms with van der Waals surface area (Å²) in [5.41, 5.74) is 5.25. The lowest BCUT2D eigenvalue weighted by molar-refractivity contribution is 0.0543. The number of ether oxygens (including phenoxy) is 1. The molecule has 0 bridgehead atoms. The Hall–Kier alpha value is -0.540. The highest BCUT2D eigenvalue weighted by molar-refractivity contribution is 4.83. The van der Waals surface area contributed by atoms with Gasteiger partial charge in [-0.25, -0.2) is 0 Å². The van der Waals surface area contributed by atoms with Gasteiger partial charge in [-0.1, -0.05) is 0 Å². The molecule has 3 nitrogen and oxygen atoms in total. The fraction of sp³-hybridized carbons (Fsp3) is 0.500. The van der Waals surface area contributed by atoms with E-state index in [-0.39, 0.29) is 6.35 Å². The van der Waals surface area contributed by atoms with Gasteiger partial charge < -0.3 is 10.1 Å². The summed E-state index contributed by atoms with van der Waals surface area (Å²) < 4.78 is 4.86. The molecule has 0 aliphatic carbocycles. The molecule has 1 aliphatic rings. The molecule has 40 valence electrons. The second kappa shape index (κ2) is 1.95. The minimum Gasteiger partial charge on any atom is -0.354 e. The van der Waals surface area contributed by atoms with E-state index in [2.05, 4.69) is 5.32 Å². The lowest BCUT2D eigenvalue weighted by atomic mass is 10.6. The van der Waals surface area contributed by atoms with Crippen molar-refractivity contribution in [1.29, 1.82) is 0 Å². The van der Waals surface area contributed by atoms with Crippen LogP contribution in [-0.2, 0) is 4.74 Å². The van der Waals surface area contributed by atoms with E-state index in [1.165, 1.54) is 0 Å². The van der Waals surface area contributed by atoms with Crippen LogP contribution in [0.1, 0.15) is 0 Å². The summed E-state index contributed by atoms with van der Waals surface area (Å²) in [6.07, 6.45) is 3.35. The van der Waals surface area contributed by atoms with Gasteiger partial charge in [0.25, 0.3) is 0 Å².